The van der Waals surface area contributed by atoms with E-state index in [1.54, 1.807) is 0 Å². The van der Waals surface area contributed by atoms with Crippen LogP contribution in [0.25, 0.3) is 38.8 Å². The summed E-state index contributed by atoms with van der Waals surface area (Å²) in [6.45, 7) is 6.59. The molecule has 33 heavy (non-hydrogen) atoms. The molecule has 2 aromatic carbocycles. The molecule has 2 fully saturated rings. The van der Waals surface area contributed by atoms with Gasteiger partial charge in [0.2, 0.25) is 0 Å². The second-order valence-electron chi connectivity index (χ2n) is 9.61. The first-order chi connectivity index (χ1) is 16.1. The molecular formula is C26H25N7. The van der Waals surface area contributed by atoms with Gasteiger partial charge < -0.3 is 10.2 Å². The number of pyridine rings is 1. The lowest BCUT2D eigenvalue weighted by Crippen LogP contribution is -2.71. The van der Waals surface area contributed by atoms with Crippen molar-refractivity contribution in [2.45, 2.75) is 6.92 Å². The van der Waals surface area contributed by atoms with Crippen molar-refractivity contribution in [3.05, 3.63) is 66.5 Å². The van der Waals surface area contributed by atoms with E-state index in [1.807, 2.05) is 28.7 Å². The highest BCUT2D eigenvalue weighted by Crippen LogP contribution is 2.38. The predicted molar refractivity (Wildman–Crippen MR) is 131 cm³/mol. The van der Waals surface area contributed by atoms with Crippen LogP contribution >= 0.6 is 0 Å². The number of nitrogens with one attached hydrogen (secondary N) is 1. The lowest BCUT2D eigenvalue weighted by molar-refractivity contribution is 0.120. The molecule has 7 heteroatoms. The topological polar surface area (TPSA) is 63.8 Å². The molecule has 0 amide bonds. The zero-order valence-corrected chi connectivity index (χ0v) is 18.8. The molecule has 0 atom stereocenters. The van der Waals surface area contributed by atoms with E-state index in [9.17, 15) is 0 Å². The predicted octanol–water partition coefficient (Wildman–Crippen LogP) is 3.69. The average molecular weight is 436 g/mol. The molecule has 5 aromatic rings. The van der Waals surface area contributed by atoms with Crippen LogP contribution in [0.1, 0.15) is 5.56 Å². The molecule has 1 spiro atoms. The largest absolute Gasteiger partial charge is 0.355 e. The number of benzene rings is 2. The number of rotatable bonds is 3. The number of nitrogens with zero attached hydrogens (tertiary/aromatic N) is 6. The molecular weight excluding hydrogens is 410 g/mol. The first kappa shape index (κ1) is 18.8. The standard InChI is InChI=1S/C26H25N7/c1-17-5-3-7-20-24(19-6-4-8-22-21(19)12-31(2)29-22)30-33(25(17)20)18-9-10-23(28-11-18)32-15-26(16-32)13-27-14-26/h3-12,27H,13-16H2,1-2H3. The number of anilines is 1. The number of hydrogen-bond donors (Lipinski definition) is 1. The van der Waals surface area contributed by atoms with Crippen LogP contribution in [0.4, 0.5) is 5.82 Å². The first-order valence-corrected chi connectivity index (χ1v) is 11.4. The molecule has 1 N–H and O–H groups in total. The Kier molecular flexibility index (Phi) is 3.79. The Morgan fingerprint density at radius 1 is 0.939 bits per heavy atom. The second-order valence-corrected chi connectivity index (χ2v) is 9.61. The fourth-order valence-electron chi connectivity index (χ4n) is 5.41. The van der Waals surface area contributed by atoms with E-state index in [2.05, 4.69) is 70.9 Å². The normalized spacial score (nSPS) is 17.0. The van der Waals surface area contributed by atoms with Crippen LogP contribution < -0.4 is 10.2 Å². The van der Waals surface area contributed by atoms with Gasteiger partial charge in [-0.1, -0.05) is 30.3 Å². The van der Waals surface area contributed by atoms with Gasteiger partial charge in [-0.25, -0.2) is 9.67 Å². The lowest BCUT2D eigenvalue weighted by atomic mass is 9.74. The molecule has 0 radical (unpaired) electrons. The maximum absolute atomic E-state index is 5.12. The van der Waals surface area contributed by atoms with Crippen LogP contribution in [0.2, 0.25) is 0 Å². The maximum atomic E-state index is 5.12. The van der Waals surface area contributed by atoms with Gasteiger partial charge >= 0.3 is 0 Å². The van der Waals surface area contributed by atoms with Crippen molar-refractivity contribution >= 4 is 27.6 Å². The van der Waals surface area contributed by atoms with Crippen LogP contribution in [0, 0.1) is 12.3 Å². The summed E-state index contributed by atoms with van der Waals surface area (Å²) in [5.74, 6) is 1.05. The molecule has 5 heterocycles. The molecule has 2 aliphatic rings. The molecule has 164 valence electrons. The fraction of sp³-hybridized carbons (Fsp3) is 0.269. The summed E-state index contributed by atoms with van der Waals surface area (Å²) in [4.78, 5) is 7.17. The SMILES string of the molecule is Cc1cccc2c(-c3cccc4nn(C)cc34)nn(-c3ccc(N4CC5(CNC5)C4)nc3)c12. The Hall–Kier alpha value is -3.71. The summed E-state index contributed by atoms with van der Waals surface area (Å²) in [5, 5.41) is 15.3. The van der Waals surface area contributed by atoms with E-state index in [-0.39, 0.29) is 0 Å². The maximum Gasteiger partial charge on any atom is 0.128 e. The summed E-state index contributed by atoms with van der Waals surface area (Å²) in [5.41, 5.74) is 6.81. The van der Waals surface area contributed by atoms with Gasteiger partial charge in [0.15, 0.2) is 0 Å². The zero-order chi connectivity index (χ0) is 22.2. The summed E-state index contributed by atoms with van der Waals surface area (Å²) >= 11 is 0. The van der Waals surface area contributed by atoms with Crippen molar-refractivity contribution in [3.8, 4) is 16.9 Å². The summed E-state index contributed by atoms with van der Waals surface area (Å²) in [6, 6.07) is 16.9. The molecule has 0 saturated carbocycles. The third-order valence-corrected chi connectivity index (χ3v) is 7.18. The summed E-state index contributed by atoms with van der Waals surface area (Å²) < 4.78 is 3.90. The van der Waals surface area contributed by atoms with Crippen molar-refractivity contribution < 1.29 is 0 Å². The zero-order valence-electron chi connectivity index (χ0n) is 18.8. The minimum absolute atomic E-state index is 0.484. The van der Waals surface area contributed by atoms with Gasteiger partial charge in [0.05, 0.1) is 22.9 Å². The van der Waals surface area contributed by atoms with Gasteiger partial charge in [-0.15, -0.1) is 0 Å². The Morgan fingerprint density at radius 3 is 2.55 bits per heavy atom. The monoisotopic (exact) mass is 435 g/mol. The summed E-state index contributed by atoms with van der Waals surface area (Å²) in [7, 11) is 1.96. The number of fused-ring (bicyclic) bond motifs is 2. The Morgan fingerprint density at radius 2 is 1.79 bits per heavy atom. The highest BCUT2D eigenvalue weighted by atomic mass is 15.3. The first-order valence-electron chi connectivity index (χ1n) is 11.4. The molecule has 7 rings (SSSR count). The van der Waals surface area contributed by atoms with Crippen LogP contribution in [0.15, 0.2) is 60.9 Å². The molecule has 0 bridgehead atoms. The summed E-state index contributed by atoms with van der Waals surface area (Å²) in [6.07, 6.45) is 4.02. The van der Waals surface area contributed by atoms with E-state index < -0.39 is 0 Å². The van der Waals surface area contributed by atoms with Crippen molar-refractivity contribution in [1.29, 1.82) is 0 Å². The highest BCUT2D eigenvalue weighted by Gasteiger charge is 2.47. The van der Waals surface area contributed by atoms with Crippen LogP contribution in [-0.4, -0.2) is 50.7 Å². The van der Waals surface area contributed by atoms with Crippen molar-refractivity contribution in [1.82, 2.24) is 29.9 Å². The number of aryl methyl sites for hydroxylation is 2. The van der Waals surface area contributed by atoms with E-state index in [4.69, 9.17) is 10.1 Å². The molecule has 0 aliphatic carbocycles. The Labute approximate surface area is 191 Å². The second kappa shape index (κ2) is 6.65. The third-order valence-electron chi connectivity index (χ3n) is 7.18. The van der Waals surface area contributed by atoms with E-state index >= 15 is 0 Å². The lowest BCUT2D eigenvalue weighted by Gasteiger charge is -2.56. The van der Waals surface area contributed by atoms with Crippen LogP contribution in [0.3, 0.4) is 0 Å². The van der Waals surface area contributed by atoms with Crippen molar-refractivity contribution in [2.75, 3.05) is 31.1 Å². The molecule has 2 saturated heterocycles. The van der Waals surface area contributed by atoms with Crippen molar-refractivity contribution in [3.63, 3.8) is 0 Å². The highest BCUT2D eigenvalue weighted by molar-refractivity contribution is 6.03. The quantitative estimate of drug-likeness (QED) is 0.468. The van der Waals surface area contributed by atoms with Crippen molar-refractivity contribution in [2.24, 2.45) is 12.5 Å². The smallest absolute Gasteiger partial charge is 0.128 e. The Balaban J connectivity index is 1.33. The Bertz CT molecular complexity index is 1510. The van der Waals surface area contributed by atoms with Gasteiger partial charge in [0.25, 0.3) is 0 Å². The van der Waals surface area contributed by atoms with E-state index in [0.717, 1.165) is 70.7 Å². The fourth-order valence-corrected chi connectivity index (χ4v) is 5.41. The van der Waals surface area contributed by atoms with Gasteiger partial charge in [-0.2, -0.15) is 10.2 Å². The van der Waals surface area contributed by atoms with Gasteiger partial charge in [-0.3, -0.25) is 4.68 Å². The van der Waals surface area contributed by atoms with Gasteiger partial charge in [0, 0.05) is 61.2 Å². The molecule has 7 nitrogen and oxygen atoms in total. The number of aromatic nitrogens is 5. The third kappa shape index (κ3) is 2.75. The number of hydrogen-bond acceptors (Lipinski definition) is 5. The van der Waals surface area contributed by atoms with Gasteiger partial charge in [0.1, 0.15) is 11.5 Å². The van der Waals surface area contributed by atoms with Crippen LogP contribution in [0.5, 0.6) is 0 Å². The minimum Gasteiger partial charge on any atom is -0.355 e. The van der Waals surface area contributed by atoms with E-state index in [1.165, 1.54) is 5.56 Å². The molecule has 0 unspecified atom stereocenters. The molecule has 2 aliphatic heterocycles. The average Bonchev–Trinajstić information content (AvgIpc) is 3.33. The number of para-hydroxylation sites is 1. The van der Waals surface area contributed by atoms with Crippen LogP contribution in [-0.2, 0) is 7.05 Å². The minimum atomic E-state index is 0.484. The van der Waals surface area contributed by atoms with Gasteiger partial charge in [-0.05, 0) is 30.7 Å². The molecule has 3 aromatic heterocycles. The van der Waals surface area contributed by atoms with E-state index in [0.29, 0.717) is 5.41 Å².